The molecule has 0 aliphatic rings. The van der Waals surface area contributed by atoms with Crippen molar-refractivity contribution < 1.29 is 18.9 Å². The van der Waals surface area contributed by atoms with Gasteiger partial charge in [-0.1, -0.05) is 91.2 Å². The minimum absolute atomic E-state index is 0.699. The van der Waals surface area contributed by atoms with Gasteiger partial charge in [0.15, 0.2) is 11.5 Å². The molecule has 0 unspecified atom stereocenters. The van der Waals surface area contributed by atoms with Gasteiger partial charge in [-0.05, 0) is 94.4 Å². The Hall–Kier alpha value is -3.14. The molecule has 0 saturated carbocycles. The molecule has 42 heavy (non-hydrogen) atoms. The highest BCUT2D eigenvalue weighted by atomic mass is 16.5. The monoisotopic (exact) mass is 572 g/mol. The molecule has 4 heteroatoms. The largest absolute Gasteiger partial charge is 0.494 e. The molecule has 0 saturated heterocycles. The van der Waals surface area contributed by atoms with E-state index in [1.165, 1.54) is 70.8 Å². The standard InChI is InChI=1S/C38H52O4/c1-5-9-13-21-39-29-17-19-31-33(25-29)34-26-30(40-22-14-10-6-2)18-20-32(34)36-28-38(42-24-16-12-8-4)37(27-35(31)36)41-23-15-11-7-3/h17-20,25-28H,5-16,21-24H2,1-4H3. The fraction of sp³-hybridized carbons (Fsp3) is 0.526. The molecule has 0 N–H and O–H groups in total. The quantitative estimate of drug-likeness (QED) is 0.0779. The lowest BCUT2D eigenvalue weighted by atomic mass is 9.93. The summed E-state index contributed by atoms with van der Waals surface area (Å²) in [5.41, 5.74) is 0. The first-order chi connectivity index (χ1) is 20.7. The Labute approximate surface area is 253 Å². The molecular weight excluding hydrogens is 520 g/mol. The summed E-state index contributed by atoms with van der Waals surface area (Å²) in [7, 11) is 0. The second-order valence-corrected chi connectivity index (χ2v) is 11.5. The van der Waals surface area contributed by atoms with Crippen LogP contribution < -0.4 is 18.9 Å². The van der Waals surface area contributed by atoms with Crippen LogP contribution in [0.5, 0.6) is 23.0 Å². The molecule has 0 spiro atoms. The number of unbranched alkanes of at least 4 members (excludes halogenated alkanes) is 8. The normalized spacial score (nSPS) is 11.4. The fourth-order valence-electron chi connectivity index (χ4n) is 5.53. The van der Waals surface area contributed by atoms with Gasteiger partial charge in [0.2, 0.25) is 0 Å². The first-order valence-electron chi connectivity index (χ1n) is 16.7. The maximum Gasteiger partial charge on any atom is 0.161 e. The van der Waals surface area contributed by atoms with Crippen molar-refractivity contribution in [1.29, 1.82) is 0 Å². The van der Waals surface area contributed by atoms with Crippen LogP contribution in [0.25, 0.3) is 32.3 Å². The molecule has 4 aromatic carbocycles. The molecule has 0 heterocycles. The number of benzene rings is 4. The smallest absolute Gasteiger partial charge is 0.161 e. The summed E-state index contributed by atoms with van der Waals surface area (Å²) < 4.78 is 25.2. The van der Waals surface area contributed by atoms with E-state index in [1.807, 2.05) is 0 Å². The van der Waals surface area contributed by atoms with Crippen LogP contribution in [0.3, 0.4) is 0 Å². The minimum Gasteiger partial charge on any atom is -0.494 e. The Bertz CT molecular complexity index is 1270. The summed E-state index contributed by atoms with van der Waals surface area (Å²) in [6.07, 6.45) is 13.6. The summed E-state index contributed by atoms with van der Waals surface area (Å²) in [5.74, 6) is 3.51. The van der Waals surface area contributed by atoms with Gasteiger partial charge in [-0.25, -0.2) is 0 Å². The zero-order chi connectivity index (χ0) is 29.6. The zero-order valence-electron chi connectivity index (χ0n) is 26.6. The summed E-state index contributed by atoms with van der Waals surface area (Å²) >= 11 is 0. The first-order valence-corrected chi connectivity index (χ1v) is 16.7. The Kier molecular flexibility index (Phi) is 12.9. The van der Waals surface area contributed by atoms with E-state index in [2.05, 4.69) is 76.2 Å². The van der Waals surface area contributed by atoms with Gasteiger partial charge in [0.1, 0.15) is 11.5 Å². The van der Waals surface area contributed by atoms with Gasteiger partial charge in [-0.3, -0.25) is 0 Å². The highest BCUT2D eigenvalue weighted by Crippen LogP contribution is 2.43. The van der Waals surface area contributed by atoms with Crippen molar-refractivity contribution in [2.75, 3.05) is 26.4 Å². The Morgan fingerprint density at radius 1 is 0.357 bits per heavy atom. The molecule has 0 amide bonds. The Balaban J connectivity index is 1.82. The van der Waals surface area contributed by atoms with Gasteiger partial charge in [-0.2, -0.15) is 0 Å². The molecule has 0 bridgehead atoms. The Morgan fingerprint density at radius 2 is 0.690 bits per heavy atom. The second-order valence-electron chi connectivity index (χ2n) is 11.5. The van der Waals surface area contributed by atoms with Crippen LogP contribution in [-0.4, -0.2) is 26.4 Å². The number of hydrogen-bond donors (Lipinski definition) is 0. The van der Waals surface area contributed by atoms with Crippen molar-refractivity contribution in [2.45, 2.75) is 105 Å². The average Bonchev–Trinajstić information content (AvgIpc) is 3.02. The third-order valence-corrected chi connectivity index (χ3v) is 7.98. The molecule has 0 aromatic heterocycles. The van der Waals surface area contributed by atoms with Crippen molar-refractivity contribution in [3.8, 4) is 23.0 Å². The lowest BCUT2D eigenvalue weighted by Gasteiger charge is -2.18. The lowest BCUT2D eigenvalue weighted by molar-refractivity contribution is 0.260. The SMILES string of the molecule is CCCCCOc1ccc2c(c1)c1cc(OCCCCC)ccc1c1cc(OCCCCC)c(OCCCCC)cc21. The Morgan fingerprint density at radius 3 is 1.05 bits per heavy atom. The number of rotatable bonds is 20. The zero-order valence-corrected chi connectivity index (χ0v) is 26.6. The molecular formula is C38H52O4. The summed E-state index contributed by atoms with van der Waals surface area (Å²) in [6, 6.07) is 17.5. The topological polar surface area (TPSA) is 36.9 Å². The molecule has 4 nitrogen and oxygen atoms in total. The van der Waals surface area contributed by atoms with Crippen molar-refractivity contribution >= 4 is 32.3 Å². The second kappa shape index (κ2) is 17.1. The van der Waals surface area contributed by atoms with Crippen LogP contribution in [0.2, 0.25) is 0 Å². The van der Waals surface area contributed by atoms with E-state index in [0.717, 1.165) is 74.7 Å². The van der Waals surface area contributed by atoms with Gasteiger partial charge in [-0.15, -0.1) is 0 Å². The van der Waals surface area contributed by atoms with Crippen LogP contribution in [0.1, 0.15) is 105 Å². The van der Waals surface area contributed by atoms with E-state index in [1.54, 1.807) is 0 Å². The van der Waals surface area contributed by atoms with E-state index < -0.39 is 0 Å². The van der Waals surface area contributed by atoms with Crippen molar-refractivity contribution in [2.24, 2.45) is 0 Å². The van der Waals surface area contributed by atoms with E-state index in [9.17, 15) is 0 Å². The molecule has 0 aliphatic carbocycles. The van der Waals surface area contributed by atoms with Gasteiger partial charge < -0.3 is 18.9 Å². The van der Waals surface area contributed by atoms with E-state index in [4.69, 9.17) is 18.9 Å². The first kappa shape index (κ1) is 31.8. The number of hydrogen-bond acceptors (Lipinski definition) is 4. The third-order valence-electron chi connectivity index (χ3n) is 7.98. The van der Waals surface area contributed by atoms with Gasteiger partial charge in [0.05, 0.1) is 26.4 Å². The summed E-state index contributed by atoms with van der Waals surface area (Å²) in [6.45, 7) is 11.8. The van der Waals surface area contributed by atoms with Crippen LogP contribution in [0.15, 0.2) is 48.5 Å². The van der Waals surface area contributed by atoms with Crippen LogP contribution in [0.4, 0.5) is 0 Å². The maximum absolute atomic E-state index is 6.38. The average molecular weight is 573 g/mol. The number of fused-ring (bicyclic) bond motifs is 6. The number of ether oxygens (including phenoxy) is 4. The molecule has 4 aromatic rings. The van der Waals surface area contributed by atoms with Gasteiger partial charge in [0, 0.05) is 0 Å². The molecule has 0 aliphatic heterocycles. The van der Waals surface area contributed by atoms with E-state index in [-0.39, 0.29) is 0 Å². The molecule has 228 valence electrons. The van der Waals surface area contributed by atoms with E-state index in [0.29, 0.717) is 13.2 Å². The van der Waals surface area contributed by atoms with E-state index >= 15 is 0 Å². The summed E-state index contributed by atoms with van der Waals surface area (Å²) in [5, 5.41) is 7.10. The third kappa shape index (κ3) is 8.46. The highest BCUT2D eigenvalue weighted by Gasteiger charge is 2.16. The van der Waals surface area contributed by atoms with Crippen LogP contribution in [-0.2, 0) is 0 Å². The van der Waals surface area contributed by atoms with Gasteiger partial charge >= 0.3 is 0 Å². The minimum atomic E-state index is 0.699. The van der Waals surface area contributed by atoms with Crippen molar-refractivity contribution in [3.05, 3.63) is 48.5 Å². The van der Waals surface area contributed by atoms with Crippen molar-refractivity contribution in [3.63, 3.8) is 0 Å². The molecule has 0 atom stereocenters. The predicted octanol–water partition coefficient (Wildman–Crippen LogP) is 11.4. The van der Waals surface area contributed by atoms with Gasteiger partial charge in [0.25, 0.3) is 0 Å². The molecule has 4 rings (SSSR count). The molecule has 0 radical (unpaired) electrons. The summed E-state index contributed by atoms with van der Waals surface area (Å²) in [4.78, 5) is 0. The maximum atomic E-state index is 6.38. The lowest BCUT2D eigenvalue weighted by Crippen LogP contribution is -2.03. The fourth-order valence-corrected chi connectivity index (χ4v) is 5.53. The predicted molar refractivity (Wildman–Crippen MR) is 179 cm³/mol. The van der Waals surface area contributed by atoms with Crippen molar-refractivity contribution in [1.82, 2.24) is 0 Å². The highest BCUT2D eigenvalue weighted by molar-refractivity contribution is 6.26. The molecule has 0 fully saturated rings. The van der Waals surface area contributed by atoms with Crippen LogP contribution in [0, 0.1) is 0 Å². The van der Waals surface area contributed by atoms with Crippen LogP contribution >= 0.6 is 0 Å².